The Bertz CT molecular complexity index is 1080. The maximum absolute atomic E-state index is 11.7. The van der Waals surface area contributed by atoms with Crippen molar-refractivity contribution in [2.24, 2.45) is 10.7 Å². The van der Waals surface area contributed by atoms with Gasteiger partial charge in [-0.3, -0.25) is 4.79 Å². The molecule has 0 aliphatic heterocycles. The molecule has 0 unspecified atom stereocenters. The Morgan fingerprint density at radius 1 is 1.10 bits per heavy atom. The van der Waals surface area contributed by atoms with Crippen LogP contribution in [0.2, 0.25) is 0 Å². The van der Waals surface area contributed by atoms with Gasteiger partial charge >= 0.3 is 0 Å². The van der Waals surface area contributed by atoms with Crippen LogP contribution in [0.25, 0.3) is 5.57 Å². The number of aryl methyl sites for hydroxylation is 1. The summed E-state index contributed by atoms with van der Waals surface area (Å²) in [5.74, 6) is -0.731. The van der Waals surface area contributed by atoms with E-state index in [1.165, 1.54) is 5.69 Å². The molecule has 2 N–H and O–H groups in total. The Kier molecular flexibility index (Phi) is 5.94. The summed E-state index contributed by atoms with van der Waals surface area (Å²) in [5.41, 5.74) is 11.5. The molecule has 5 nitrogen and oxygen atoms in total. The Morgan fingerprint density at radius 3 is 2.38 bits per heavy atom. The number of allylic oxidation sites excluding steroid dienone is 3. The van der Waals surface area contributed by atoms with Gasteiger partial charge in [-0.05, 0) is 56.2 Å². The van der Waals surface area contributed by atoms with Crippen LogP contribution in [-0.4, -0.2) is 24.7 Å². The topological polar surface area (TPSA) is 82.5 Å². The molecule has 2 aromatic rings. The highest BCUT2D eigenvalue weighted by molar-refractivity contribution is 6.19. The first-order valence-corrected chi connectivity index (χ1v) is 9.66. The molecule has 0 heterocycles. The van der Waals surface area contributed by atoms with Crippen LogP contribution in [0.3, 0.4) is 0 Å². The first kappa shape index (κ1) is 20.1. The molecule has 2 aromatic carbocycles. The molecule has 0 saturated carbocycles. The van der Waals surface area contributed by atoms with E-state index >= 15 is 0 Å². The van der Waals surface area contributed by atoms with E-state index < -0.39 is 5.91 Å². The minimum Gasteiger partial charge on any atom is -0.372 e. The molecule has 29 heavy (non-hydrogen) atoms. The molecule has 1 aliphatic carbocycles. The molecule has 1 aliphatic rings. The van der Waals surface area contributed by atoms with Crippen LogP contribution < -0.4 is 10.6 Å². The average Bonchev–Trinajstić information content (AvgIpc) is 2.72. The fourth-order valence-corrected chi connectivity index (χ4v) is 3.53. The number of hydrogen-bond acceptors (Lipinski definition) is 4. The maximum Gasteiger partial charge on any atom is 0.259 e. The zero-order chi connectivity index (χ0) is 21.0. The summed E-state index contributed by atoms with van der Waals surface area (Å²) >= 11 is 0. The quantitative estimate of drug-likeness (QED) is 0.616. The molecule has 0 radical (unpaired) electrons. The van der Waals surface area contributed by atoms with Crippen LogP contribution in [0.15, 0.2) is 65.2 Å². The van der Waals surface area contributed by atoms with Crippen LogP contribution in [0.5, 0.6) is 0 Å². The predicted molar refractivity (Wildman–Crippen MR) is 118 cm³/mol. The van der Waals surface area contributed by atoms with Crippen molar-refractivity contribution in [2.45, 2.75) is 20.8 Å². The molecule has 146 valence electrons. The third kappa shape index (κ3) is 3.97. The number of fused-ring (bicyclic) bond motifs is 1. The van der Waals surface area contributed by atoms with E-state index in [4.69, 9.17) is 10.7 Å². The van der Waals surface area contributed by atoms with Gasteiger partial charge in [0.05, 0.1) is 11.4 Å². The van der Waals surface area contributed by atoms with Crippen molar-refractivity contribution in [1.82, 2.24) is 0 Å². The smallest absolute Gasteiger partial charge is 0.259 e. The lowest BCUT2D eigenvalue weighted by molar-refractivity contribution is -0.114. The average molecular weight is 384 g/mol. The molecule has 5 heteroatoms. The van der Waals surface area contributed by atoms with Crippen LogP contribution >= 0.6 is 0 Å². The van der Waals surface area contributed by atoms with Crippen molar-refractivity contribution in [1.29, 1.82) is 5.26 Å². The van der Waals surface area contributed by atoms with E-state index in [0.717, 1.165) is 41.2 Å². The number of aliphatic imine (C=N–C) groups is 1. The van der Waals surface area contributed by atoms with Gasteiger partial charge in [0.1, 0.15) is 11.6 Å². The summed E-state index contributed by atoms with van der Waals surface area (Å²) in [5, 5.41) is 9.35. The van der Waals surface area contributed by atoms with Crippen LogP contribution in [-0.2, 0) is 4.79 Å². The number of nitrogens with zero attached hydrogens (tertiary/aromatic N) is 3. The van der Waals surface area contributed by atoms with E-state index in [1.54, 1.807) is 6.08 Å². The fraction of sp³-hybridized carbons (Fsp3) is 0.208. The number of nitriles is 1. The molecular weight excluding hydrogens is 360 g/mol. The Balaban J connectivity index is 2.09. The molecule has 0 fully saturated rings. The highest BCUT2D eigenvalue weighted by atomic mass is 16.1. The second-order valence-corrected chi connectivity index (χ2v) is 6.78. The SMILES string of the molecule is CCN(CC)c1ccc(N=C2C=C/C(=C(\C#N)C(N)=O)c3ccccc32)c(C)c1. The van der Waals surface area contributed by atoms with E-state index in [2.05, 4.69) is 37.8 Å². The van der Waals surface area contributed by atoms with Gasteiger partial charge in [-0.1, -0.05) is 30.3 Å². The number of amides is 1. The van der Waals surface area contributed by atoms with Gasteiger partial charge in [0, 0.05) is 29.9 Å². The zero-order valence-corrected chi connectivity index (χ0v) is 16.9. The monoisotopic (exact) mass is 384 g/mol. The number of carbonyl (C=O) groups excluding carboxylic acids is 1. The van der Waals surface area contributed by atoms with Crippen molar-refractivity contribution in [3.05, 3.63) is 76.9 Å². The Hall–Kier alpha value is -3.65. The molecule has 1 amide bonds. The lowest BCUT2D eigenvalue weighted by atomic mass is 9.88. The van der Waals surface area contributed by atoms with Gasteiger partial charge < -0.3 is 10.6 Å². The standard InChI is InChI=1S/C24H24N4O/c1-4-28(5-2)17-10-12-22(16(3)14-17)27-23-13-11-19(21(15-25)24(26)29)18-8-6-7-9-20(18)23/h6-14H,4-5H2,1-3H3,(H2,26,29)/b21-19-,27-23?. The van der Waals surface area contributed by atoms with Crippen LogP contribution in [0.4, 0.5) is 11.4 Å². The first-order chi connectivity index (χ1) is 14.0. The number of nitrogens with two attached hydrogens (primary N) is 1. The van der Waals surface area contributed by atoms with Gasteiger partial charge in [0.2, 0.25) is 0 Å². The lowest BCUT2D eigenvalue weighted by Crippen LogP contribution is -2.21. The molecule has 0 aromatic heterocycles. The minimum atomic E-state index is -0.731. The minimum absolute atomic E-state index is 0.0486. The fourth-order valence-electron chi connectivity index (χ4n) is 3.53. The van der Waals surface area contributed by atoms with Crippen molar-refractivity contribution in [3.63, 3.8) is 0 Å². The highest BCUT2D eigenvalue weighted by Crippen LogP contribution is 2.31. The second-order valence-electron chi connectivity index (χ2n) is 6.78. The molecule has 0 atom stereocenters. The zero-order valence-electron chi connectivity index (χ0n) is 16.9. The number of anilines is 1. The summed E-state index contributed by atoms with van der Waals surface area (Å²) in [6.45, 7) is 8.25. The molecule has 0 bridgehead atoms. The van der Waals surface area contributed by atoms with Gasteiger partial charge in [0.15, 0.2) is 0 Å². The number of primary amides is 1. The Labute approximate surface area is 171 Å². The largest absolute Gasteiger partial charge is 0.372 e. The van der Waals surface area contributed by atoms with E-state index in [1.807, 2.05) is 42.5 Å². The number of benzene rings is 2. The van der Waals surface area contributed by atoms with Crippen LogP contribution in [0.1, 0.15) is 30.5 Å². The van der Waals surface area contributed by atoms with Crippen molar-refractivity contribution >= 4 is 28.6 Å². The number of rotatable bonds is 5. The summed E-state index contributed by atoms with van der Waals surface area (Å²) in [6.07, 6.45) is 3.57. The van der Waals surface area contributed by atoms with Gasteiger partial charge in [-0.25, -0.2) is 4.99 Å². The molecule has 0 spiro atoms. The van der Waals surface area contributed by atoms with Gasteiger partial charge in [0.25, 0.3) is 5.91 Å². The van der Waals surface area contributed by atoms with Crippen molar-refractivity contribution in [2.75, 3.05) is 18.0 Å². The summed E-state index contributed by atoms with van der Waals surface area (Å²) in [7, 11) is 0. The molecule has 3 rings (SSSR count). The van der Waals surface area contributed by atoms with Gasteiger partial charge in [-0.2, -0.15) is 5.26 Å². The third-order valence-corrected chi connectivity index (χ3v) is 5.08. The van der Waals surface area contributed by atoms with E-state index in [-0.39, 0.29) is 5.57 Å². The van der Waals surface area contributed by atoms with E-state index in [9.17, 15) is 10.1 Å². The molecule has 0 saturated heterocycles. The summed E-state index contributed by atoms with van der Waals surface area (Å²) < 4.78 is 0. The highest BCUT2D eigenvalue weighted by Gasteiger charge is 2.20. The van der Waals surface area contributed by atoms with E-state index in [0.29, 0.717) is 5.57 Å². The number of carbonyl (C=O) groups is 1. The van der Waals surface area contributed by atoms with Gasteiger partial charge in [-0.15, -0.1) is 0 Å². The third-order valence-electron chi connectivity index (χ3n) is 5.08. The second kappa shape index (κ2) is 8.57. The molecular formula is C24H24N4O. The first-order valence-electron chi connectivity index (χ1n) is 9.66. The number of hydrogen-bond donors (Lipinski definition) is 1. The predicted octanol–water partition coefficient (Wildman–Crippen LogP) is 4.29. The Morgan fingerprint density at radius 2 is 1.79 bits per heavy atom. The van der Waals surface area contributed by atoms with Crippen LogP contribution in [0, 0.1) is 18.3 Å². The maximum atomic E-state index is 11.7. The van der Waals surface area contributed by atoms with Crippen molar-refractivity contribution in [3.8, 4) is 6.07 Å². The summed E-state index contributed by atoms with van der Waals surface area (Å²) in [6, 6.07) is 15.8. The normalized spacial score (nSPS) is 15.6. The summed E-state index contributed by atoms with van der Waals surface area (Å²) in [4.78, 5) is 18.8. The lowest BCUT2D eigenvalue weighted by Gasteiger charge is -2.22. The van der Waals surface area contributed by atoms with Crippen molar-refractivity contribution < 1.29 is 4.79 Å².